The number of esters is 3. The molecule has 9 aliphatic rings. The number of carbonyl (C=O) groups excluding carboxylic acids is 6. The van der Waals surface area contributed by atoms with Gasteiger partial charge in [-0.1, -0.05) is 0 Å². The third-order valence-electron chi connectivity index (χ3n) is 18.8. The number of aliphatic hydroxyl groups excluding tert-OH is 20. The van der Waals surface area contributed by atoms with Gasteiger partial charge in [0.05, 0.1) is 64.1 Å². The molecule has 49 heteroatoms. The molecule has 0 saturated carbocycles. The van der Waals surface area contributed by atoms with Crippen LogP contribution in [0.1, 0.15) is 34.1 Å². The molecule has 620 valence electrons. The molecule has 0 amide bonds. The average Bonchev–Trinajstić information content (AvgIpc) is 0.780. The fraction of sp³-hybridized carbons (Fsp3) is 0.898. The van der Waals surface area contributed by atoms with Crippen molar-refractivity contribution in [1.29, 1.82) is 0 Å². The molecule has 9 fully saturated rings. The molecule has 0 aromatic carbocycles. The van der Waals surface area contributed by atoms with Crippen molar-refractivity contribution in [2.45, 2.75) is 292 Å². The molecule has 9 heterocycles. The monoisotopic (exact) mass is 1580 g/mol. The maximum Gasteiger partial charge on any atom is 0.308 e. The fourth-order valence-corrected chi connectivity index (χ4v) is 13.3. The highest BCUT2D eigenvalue weighted by molar-refractivity contribution is 5.73. The second-order valence-corrected chi connectivity index (χ2v) is 26.6. The quantitative estimate of drug-likeness (QED) is 0.0268. The maximum atomic E-state index is 12.8. The maximum absolute atomic E-state index is 12.8. The Hall–Kier alpha value is -4.66. The zero-order chi connectivity index (χ0) is 79.7. The first-order valence-electron chi connectivity index (χ1n) is 33.4. The van der Waals surface area contributed by atoms with E-state index >= 15 is 0 Å². The van der Waals surface area contributed by atoms with E-state index in [-0.39, 0.29) is 0 Å². The molecule has 9 aliphatic heterocycles. The van der Waals surface area contributed by atoms with E-state index in [4.69, 9.17) is 94.7 Å². The van der Waals surface area contributed by atoms with Crippen LogP contribution in [0.5, 0.6) is 0 Å². The van der Waals surface area contributed by atoms with Gasteiger partial charge in [-0.3, -0.25) is 14.4 Å². The molecular formula is C59H87O49-3. The number of hydrogen-bond donors (Lipinski definition) is 20. The van der Waals surface area contributed by atoms with Crippen molar-refractivity contribution in [3.05, 3.63) is 0 Å². The van der Waals surface area contributed by atoms with Gasteiger partial charge in [0.2, 0.25) is 5.79 Å². The molecule has 0 spiro atoms. The molecule has 0 radical (unpaired) electrons. The summed E-state index contributed by atoms with van der Waals surface area (Å²) in [5, 5.41) is 257. The third-order valence-corrected chi connectivity index (χ3v) is 18.8. The number of ether oxygens (including phenoxy) is 20. The van der Waals surface area contributed by atoms with Gasteiger partial charge in [-0.05, 0) is 13.8 Å². The largest absolute Gasteiger partial charge is 0.547 e. The number of carboxylic acids is 3. The standard InChI is InChI=1S/C59H90O49/c1-12(64)5-21(67)99-43-35(81)56(98-20-11-90-59(4,58(87)88)108-40(20)43)104-41-22(68)15(6-60)94-55(34(41)80)101-37-17(8-62)96-52(30(76)26(37)72)100-36-16(7-61)95-51(29(75)25(36)71)89-10-19-39(32(78)45(50(86)93-19)91-13(2)65)102-53-31(77)27(73)38(18(9-63)97-53)103-57-46(92-14(3)66)33(79)42(47(107-57)49(84)85)105-54-28(74)23(69)24(70)44(106-54)48(82)83/h12,15-20,22-47,50-57,60-64,68-81,86H,5-11H2,1-4H3,(H,82,83)(H,84,85)(H,87,88)/p-3/t12?,15-,16-,17-,18-,19-,20-,22-,23+,24+,25-,26-,27-,28-,29-,30-,31-,32+,33+,34-,35-,36-,37-,38-,39-,40+,41+,42+,43-,44+,45-,46-,47+,50+,51-,52+,53+,54-,55+,56+,57-,59-/m1/s1. The lowest BCUT2D eigenvalue weighted by atomic mass is 9.95. The predicted molar refractivity (Wildman–Crippen MR) is 311 cm³/mol. The number of carboxylic acid groups (broad SMARTS) is 3. The van der Waals surface area contributed by atoms with Gasteiger partial charge in [0.25, 0.3) is 0 Å². The van der Waals surface area contributed by atoms with Gasteiger partial charge in [0.15, 0.2) is 68.6 Å². The summed E-state index contributed by atoms with van der Waals surface area (Å²) in [4.78, 5) is 73.5. The number of rotatable bonds is 27. The molecule has 9 saturated heterocycles. The summed E-state index contributed by atoms with van der Waals surface area (Å²) in [7, 11) is 0. The lowest BCUT2D eigenvalue weighted by Crippen LogP contribution is -2.70. The van der Waals surface area contributed by atoms with E-state index in [1.165, 1.54) is 6.92 Å². The number of hydrogen-bond acceptors (Lipinski definition) is 49. The molecule has 108 heavy (non-hydrogen) atoms. The van der Waals surface area contributed by atoms with E-state index in [0.717, 1.165) is 20.8 Å². The second kappa shape index (κ2) is 36.7. The van der Waals surface area contributed by atoms with Crippen molar-refractivity contribution in [2.75, 3.05) is 39.6 Å². The molecule has 0 bridgehead atoms. The Morgan fingerprint density at radius 2 is 0.815 bits per heavy atom. The zero-order valence-corrected chi connectivity index (χ0v) is 56.9. The summed E-state index contributed by atoms with van der Waals surface area (Å²) < 4.78 is 111. The topological polar surface area (TPSA) is 761 Å². The minimum atomic E-state index is -2.62. The van der Waals surface area contributed by atoms with Crippen molar-refractivity contribution >= 4 is 35.8 Å². The highest BCUT2D eigenvalue weighted by Crippen LogP contribution is 2.41. The van der Waals surface area contributed by atoms with Crippen LogP contribution in [0.25, 0.3) is 0 Å². The van der Waals surface area contributed by atoms with Gasteiger partial charge in [-0.25, -0.2) is 0 Å². The Labute approximate surface area is 606 Å². The Bertz CT molecular complexity index is 2990. The summed E-state index contributed by atoms with van der Waals surface area (Å²) in [5.74, 6) is -12.3. The van der Waals surface area contributed by atoms with E-state index < -0.39 is 339 Å². The zero-order valence-electron chi connectivity index (χ0n) is 56.9. The van der Waals surface area contributed by atoms with Crippen molar-refractivity contribution in [2.24, 2.45) is 0 Å². The Balaban J connectivity index is 0.844. The normalized spacial score (nSPS) is 48.2. The van der Waals surface area contributed by atoms with Crippen molar-refractivity contribution < 1.29 is 241 Å². The minimum Gasteiger partial charge on any atom is -0.547 e. The van der Waals surface area contributed by atoms with Crippen molar-refractivity contribution in [3.63, 3.8) is 0 Å². The van der Waals surface area contributed by atoms with Crippen LogP contribution < -0.4 is 15.3 Å². The summed E-state index contributed by atoms with van der Waals surface area (Å²) in [6.07, 6.45) is -88.9. The summed E-state index contributed by atoms with van der Waals surface area (Å²) in [5.41, 5.74) is 0. The van der Waals surface area contributed by atoms with Gasteiger partial charge in [-0.15, -0.1) is 0 Å². The SMILES string of the molecule is CC(=O)O[C@@H]1[C@@H](O)[C@H](O[C@@H]2O[C@H](CO)[C@@H](O[C@@H]3O[C@H](C(=O)[O-])[C@@H](O[C@@H]4O[C@H](C(=O)[O-])[C@@H](O)[C@H](O)[C@H]4O)[C@H](O)[C@H]3OC(C)=O)[C@H](O)[C@H]2O)[C@@H](CO[C@@H]2O[C@H](CO)[C@@H](O[C@@H]3O[C@H](CO)[C@@H](O[C@@H]4O[C@H](CO)[C@@H](O)[C@H](O[C@@H]5O[C@@H]6CO[C@@](C)(C(=O)[O-])O[C@@H]6[C@H](OC(=O)CC(C)O)[C@H]5O)[C@H]4O)[C@H](O)[C@H]3O)[C@H](O)[C@H]2O)O[C@@H]1O. The van der Waals surface area contributed by atoms with Gasteiger partial charge >= 0.3 is 17.9 Å². The Morgan fingerprint density at radius 3 is 1.31 bits per heavy atom. The molecule has 42 atom stereocenters. The molecule has 0 aliphatic carbocycles. The lowest BCUT2D eigenvalue weighted by Gasteiger charge is -2.52. The molecule has 0 aromatic rings. The second-order valence-electron chi connectivity index (χ2n) is 26.6. The molecular weight excluding hydrogens is 1490 g/mol. The summed E-state index contributed by atoms with van der Waals surface area (Å²) in [6.45, 7) is -2.59. The summed E-state index contributed by atoms with van der Waals surface area (Å²) >= 11 is 0. The van der Waals surface area contributed by atoms with Crippen molar-refractivity contribution in [1.82, 2.24) is 0 Å². The number of fused-ring (bicyclic) bond motifs is 1. The first-order valence-corrected chi connectivity index (χ1v) is 33.4. The highest BCUT2D eigenvalue weighted by Gasteiger charge is 2.62. The van der Waals surface area contributed by atoms with Crippen LogP contribution in [0.15, 0.2) is 0 Å². The van der Waals surface area contributed by atoms with E-state index in [0.29, 0.717) is 0 Å². The van der Waals surface area contributed by atoms with Crippen molar-refractivity contribution in [3.8, 4) is 0 Å². The molecule has 1 unspecified atom stereocenters. The van der Waals surface area contributed by atoms with E-state index in [1.54, 1.807) is 0 Å². The lowest BCUT2D eigenvalue weighted by molar-refractivity contribution is -0.418. The average molecular weight is 1580 g/mol. The van der Waals surface area contributed by atoms with Gasteiger partial charge in [0, 0.05) is 13.8 Å². The minimum absolute atomic E-state index is 0.642. The first-order chi connectivity index (χ1) is 50.8. The smallest absolute Gasteiger partial charge is 0.308 e. The molecule has 49 nitrogen and oxygen atoms in total. The Kier molecular flexibility index (Phi) is 29.6. The highest BCUT2D eigenvalue weighted by atomic mass is 16.8. The van der Waals surface area contributed by atoms with Gasteiger partial charge in [-0.2, -0.15) is 0 Å². The van der Waals surface area contributed by atoms with Gasteiger partial charge in [0.1, 0.15) is 183 Å². The number of carbonyl (C=O) groups is 6. The van der Waals surface area contributed by atoms with E-state index in [1.807, 2.05) is 0 Å². The van der Waals surface area contributed by atoms with Gasteiger partial charge < -0.3 is 227 Å². The third kappa shape index (κ3) is 18.7. The first kappa shape index (κ1) is 87.3. The fourth-order valence-electron chi connectivity index (χ4n) is 13.3. The number of aliphatic hydroxyl groups is 20. The Morgan fingerprint density at radius 1 is 0.407 bits per heavy atom. The van der Waals surface area contributed by atoms with Crippen LogP contribution in [0.4, 0.5) is 0 Å². The van der Waals surface area contributed by atoms with Crippen LogP contribution in [-0.2, 0) is 124 Å². The molecule has 9 rings (SSSR count). The van der Waals surface area contributed by atoms with Crippen LogP contribution in [-0.4, -0.2) is 435 Å². The van der Waals surface area contributed by atoms with Crippen LogP contribution in [0.2, 0.25) is 0 Å². The summed E-state index contributed by atoms with van der Waals surface area (Å²) in [6, 6.07) is 0. The number of aliphatic carboxylic acids is 3. The predicted octanol–water partition coefficient (Wildman–Crippen LogP) is -19.9. The van der Waals surface area contributed by atoms with Crippen LogP contribution in [0, 0.1) is 0 Å². The van der Waals surface area contributed by atoms with E-state index in [9.17, 15) is 146 Å². The van der Waals surface area contributed by atoms with E-state index in [2.05, 4.69) is 0 Å². The van der Waals surface area contributed by atoms with Crippen LogP contribution in [0.3, 0.4) is 0 Å². The van der Waals surface area contributed by atoms with Crippen LogP contribution >= 0.6 is 0 Å². The molecule has 0 aromatic heterocycles. The molecule has 20 N–H and O–H groups in total.